The lowest BCUT2D eigenvalue weighted by Crippen LogP contribution is -2.32. The van der Waals surface area contributed by atoms with Gasteiger partial charge in [0.1, 0.15) is 10.5 Å². The second-order valence-electron chi connectivity index (χ2n) is 5.68. The Balaban J connectivity index is 2.27. The first-order valence-corrected chi connectivity index (χ1v) is 8.77. The summed E-state index contributed by atoms with van der Waals surface area (Å²) in [6.45, 7) is 2.25. The Labute approximate surface area is 131 Å². The normalized spacial score (nSPS) is 14.0. The third-order valence-corrected chi connectivity index (χ3v) is 4.99. The Morgan fingerprint density at radius 3 is 2.10 bits per heavy atom. The highest BCUT2D eigenvalue weighted by molar-refractivity contribution is 5.98. The third-order valence-electron chi connectivity index (χ3n) is 4.21. The van der Waals surface area contributed by atoms with Crippen LogP contribution in [0.2, 0.25) is 0 Å². The van der Waals surface area contributed by atoms with E-state index in [9.17, 15) is 0 Å². The fraction of sp³-hybridized carbons (Fsp3) is 0.368. The van der Waals surface area contributed by atoms with E-state index in [-0.39, 0.29) is 5.60 Å². The highest BCUT2D eigenvalue weighted by atomic mass is 28.2. The SMILES string of the molecule is CCCCCC(Cc1ccccc1)(O[SiH3])c1ccccc1. The molecule has 0 amide bonds. The molecule has 0 radical (unpaired) electrons. The minimum atomic E-state index is -0.149. The van der Waals surface area contributed by atoms with Crippen molar-refractivity contribution in [2.24, 2.45) is 0 Å². The third kappa shape index (κ3) is 4.29. The van der Waals surface area contributed by atoms with Crippen LogP contribution in [0.5, 0.6) is 0 Å². The van der Waals surface area contributed by atoms with Gasteiger partial charge >= 0.3 is 0 Å². The van der Waals surface area contributed by atoms with E-state index < -0.39 is 0 Å². The van der Waals surface area contributed by atoms with Gasteiger partial charge < -0.3 is 4.43 Å². The number of rotatable bonds is 8. The molecule has 0 N–H and O–H groups in total. The van der Waals surface area contributed by atoms with Gasteiger partial charge in [0, 0.05) is 6.42 Å². The van der Waals surface area contributed by atoms with Gasteiger partial charge in [0.15, 0.2) is 0 Å². The van der Waals surface area contributed by atoms with Crippen LogP contribution in [0.15, 0.2) is 60.7 Å². The molecule has 0 saturated heterocycles. The molecule has 0 bridgehead atoms. The predicted molar refractivity (Wildman–Crippen MR) is 93.4 cm³/mol. The molecule has 2 heteroatoms. The van der Waals surface area contributed by atoms with Crippen LogP contribution in [-0.2, 0) is 16.4 Å². The summed E-state index contributed by atoms with van der Waals surface area (Å²) >= 11 is 0. The van der Waals surface area contributed by atoms with E-state index in [2.05, 4.69) is 67.6 Å². The lowest BCUT2D eigenvalue weighted by molar-refractivity contribution is 0.0644. The zero-order valence-electron chi connectivity index (χ0n) is 13.2. The molecular formula is C19H26OSi. The molecule has 2 aromatic rings. The summed E-state index contributed by atoms with van der Waals surface area (Å²) < 4.78 is 6.21. The highest BCUT2D eigenvalue weighted by Crippen LogP contribution is 2.34. The second kappa shape index (κ2) is 8.16. The van der Waals surface area contributed by atoms with Crippen LogP contribution in [0.1, 0.15) is 43.7 Å². The van der Waals surface area contributed by atoms with Crippen LogP contribution in [0, 0.1) is 0 Å². The molecule has 1 nitrogen and oxygen atoms in total. The topological polar surface area (TPSA) is 9.23 Å². The monoisotopic (exact) mass is 298 g/mol. The second-order valence-corrected chi connectivity index (χ2v) is 6.09. The van der Waals surface area contributed by atoms with Crippen molar-refractivity contribution in [2.75, 3.05) is 0 Å². The van der Waals surface area contributed by atoms with Crippen LogP contribution in [0.4, 0.5) is 0 Å². The van der Waals surface area contributed by atoms with Crippen molar-refractivity contribution < 1.29 is 4.43 Å². The lowest BCUT2D eigenvalue weighted by Gasteiger charge is -2.34. The van der Waals surface area contributed by atoms with Crippen molar-refractivity contribution in [1.82, 2.24) is 0 Å². The summed E-state index contributed by atoms with van der Waals surface area (Å²) in [7, 11) is 0.760. The van der Waals surface area contributed by atoms with E-state index in [1.165, 1.54) is 30.4 Å². The van der Waals surface area contributed by atoms with Gasteiger partial charge in [-0.25, -0.2) is 0 Å². The molecule has 112 valence electrons. The number of hydrogen-bond donors (Lipinski definition) is 0. The fourth-order valence-electron chi connectivity index (χ4n) is 2.95. The van der Waals surface area contributed by atoms with E-state index in [0.29, 0.717) is 0 Å². The van der Waals surface area contributed by atoms with Gasteiger partial charge in [0.2, 0.25) is 0 Å². The minimum absolute atomic E-state index is 0.149. The summed E-state index contributed by atoms with van der Waals surface area (Å²) in [6, 6.07) is 21.5. The van der Waals surface area contributed by atoms with Crippen molar-refractivity contribution in [3.8, 4) is 0 Å². The maximum absolute atomic E-state index is 6.21. The van der Waals surface area contributed by atoms with Crippen molar-refractivity contribution in [1.29, 1.82) is 0 Å². The molecular weight excluding hydrogens is 272 g/mol. The molecule has 1 atom stereocenters. The largest absolute Gasteiger partial charge is 0.418 e. The summed E-state index contributed by atoms with van der Waals surface area (Å²) in [4.78, 5) is 0. The smallest absolute Gasteiger partial charge is 0.147 e. The van der Waals surface area contributed by atoms with Crippen LogP contribution in [-0.4, -0.2) is 10.5 Å². The van der Waals surface area contributed by atoms with Crippen LogP contribution < -0.4 is 0 Å². The van der Waals surface area contributed by atoms with Gasteiger partial charge in [-0.3, -0.25) is 0 Å². The molecule has 0 aliphatic heterocycles. The molecule has 0 aliphatic carbocycles. The quantitative estimate of drug-likeness (QED) is 0.529. The molecule has 2 rings (SSSR count). The molecule has 1 unspecified atom stereocenters. The first kappa shape index (κ1) is 16.0. The molecule has 0 saturated carbocycles. The van der Waals surface area contributed by atoms with Crippen LogP contribution in [0.25, 0.3) is 0 Å². The Morgan fingerprint density at radius 2 is 1.52 bits per heavy atom. The van der Waals surface area contributed by atoms with Gasteiger partial charge in [-0.05, 0) is 17.5 Å². The molecule has 0 aliphatic rings. The highest BCUT2D eigenvalue weighted by Gasteiger charge is 2.30. The van der Waals surface area contributed by atoms with Crippen molar-refractivity contribution in [3.05, 3.63) is 71.8 Å². The average molecular weight is 299 g/mol. The number of hydrogen-bond acceptors (Lipinski definition) is 1. The van der Waals surface area contributed by atoms with E-state index in [4.69, 9.17) is 4.43 Å². The zero-order valence-corrected chi connectivity index (χ0v) is 15.2. The maximum Gasteiger partial charge on any atom is 0.147 e. The Morgan fingerprint density at radius 1 is 0.905 bits per heavy atom. The van der Waals surface area contributed by atoms with E-state index in [0.717, 1.165) is 23.3 Å². The predicted octanol–water partition coefficient (Wildman–Crippen LogP) is 4.00. The van der Waals surface area contributed by atoms with Gasteiger partial charge in [-0.2, -0.15) is 0 Å². The van der Waals surface area contributed by atoms with Gasteiger partial charge in [0.05, 0.1) is 5.60 Å². The van der Waals surface area contributed by atoms with Crippen molar-refractivity contribution >= 4 is 10.5 Å². The average Bonchev–Trinajstić information content (AvgIpc) is 2.56. The maximum atomic E-state index is 6.21. The summed E-state index contributed by atoms with van der Waals surface area (Å²) in [6.07, 6.45) is 5.81. The number of unbranched alkanes of at least 4 members (excludes halogenated alkanes) is 2. The Bertz CT molecular complexity index is 512. The molecule has 0 spiro atoms. The first-order valence-electron chi connectivity index (χ1n) is 7.95. The van der Waals surface area contributed by atoms with Gasteiger partial charge in [-0.1, -0.05) is 86.8 Å². The molecule has 2 aromatic carbocycles. The van der Waals surface area contributed by atoms with Gasteiger partial charge in [0.25, 0.3) is 0 Å². The lowest BCUT2D eigenvalue weighted by atomic mass is 9.83. The van der Waals surface area contributed by atoms with Crippen LogP contribution in [0.3, 0.4) is 0 Å². The minimum Gasteiger partial charge on any atom is -0.418 e. The zero-order chi connectivity index (χ0) is 15.0. The first-order chi connectivity index (χ1) is 10.3. The molecule has 0 fully saturated rings. The molecule has 21 heavy (non-hydrogen) atoms. The van der Waals surface area contributed by atoms with Crippen molar-refractivity contribution in [3.63, 3.8) is 0 Å². The summed E-state index contributed by atoms with van der Waals surface area (Å²) in [5.74, 6) is 0. The van der Waals surface area contributed by atoms with Gasteiger partial charge in [-0.15, -0.1) is 0 Å². The molecule has 0 heterocycles. The van der Waals surface area contributed by atoms with E-state index >= 15 is 0 Å². The summed E-state index contributed by atoms with van der Waals surface area (Å²) in [5, 5.41) is 0. The van der Waals surface area contributed by atoms with E-state index in [1.54, 1.807) is 0 Å². The molecule has 0 aromatic heterocycles. The fourth-order valence-corrected chi connectivity index (χ4v) is 3.54. The van der Waals surface area contributed by atoms with Crippen molar-refractivity contribution in [2.45, 2.75) is 44.6 Å². The number of benzene rings is 2. The Hall–Kier alpha value is -1.38. The van der Waals surface area contributed by atoms with E-state index in [1.807, 2.05) is 0 Å². The standard InChI is InChI=1S/C19H26OSi/c1-2-3-10-15-19(20-21,18-13-8-5-9-14-18)16-17-11-6-4-7-12-17/h4-9,11-14H,2-3,10,15-16H2,1,21H3. The van der Waals surface area contributed by atoms with Crippen LogP contribution >= 0.6 is 0 Å². The Kier molecular flexibility index (Phi) is 6.21. The summed E-state index contributed by atoms with van der Waals surface area (Å²) in [5.41, 5.74) is 2.53.